The molecule has 0 spiro atoms. The molecule has 0 unspecified atom stereocenters. The van der Waals surface area contributed by atoms with Gasteiger partial charge >= 0.3 is 0 Å². The average Bonchev–Trinajstić information content (AvgIpc) is 2.70. The molecular formula is C14H25N3O. The van der Waals surface area contributed by atoms with Crippen LogP contribution in [0.5, 0.6) is 0 Å². The second-order valence-electron chi connectivity index (χ2n) is 5.51. The Balaban J connectivity index is 1.84. The van der Waals surface area contributed by atoms with E-state index in [1.54, 1.807) is 0 Å². The van der Waals surface area contributed by atoms with Gasteiger partial charge in [-0.3, -0.25) is 4.68 Å². The molecule has 0 bridgehead atoms. The molecule has 4 heteroatoms. The number of rotatable bonds is 5. The third-order valence-electron chi connectivity index (χ3n) is 3.77. The fraction of sp³-hybridized carbons (Fsp3) is 0.786. The standard InChI is InChI=1S/C14H25N3O/c1-3-17-13(9-12(2)16-17)10-18-11-14(15)7-5-4-6-8-14/h9H,3-8,10-11,15H2,1-2H3. The van der Waals surface area contributed by atoms with Gasteiger partial charge in [-0.25, -0.2) is 0 Å². The van der Waals surface area contributed by atoms with Gasteiger partial charge in [-0.15, -0.1) is 0 Å². The Labute approximate surface area is 110 Å². The summed E-state index contributed by atoms with van der Waals surface area (Å²) in [6.07, 6.45) is 6.00. The molecular weight excluding hydrogens is 226 g/mol. The Morgan fingerprint density at radius 3 is 2.78 bits per heavy atom. The lowest BCUT2D eigenvalue weighted by atomic mass is 9.83. The van der Waals surface area contributed by atoms with Gasteiger partial charge in [-0.1, -0.05) is 19.3 Å². The second-order valence-corrected chi connectivity index (χ2v) is 5.51. The first kappa shape index (κ1) is 13.6. The Kier molecular flexibility index (Phi) is 4.40. The van der Waals surface area contributed by atoms with Crippen LogP contribution < -0.4 is 5.73 Å². The predicted molar refractivity (Wildman–Crippen MR) is 72.3 cm³/mol. The highest BCUT2D eigenvalue weighted by molar-refractivity contribution is 5.07. The third-order valence-corrected chi connectivity index (χ3v) is 3.77. The van der Waals surface area contributed by atoms with E-state index in [0.29, 0.717) is 13.2 Å². The lowest BCUT2D eigenvalue weighted by Crippen LogP contribution is -2.46. The molecule has 102 valence electrons. The molecule has 2 rings (SSSR count). The van der Waals surface area contributed by atoms with E-state index in [1.807, 2.05) is 11.6 Å². The molecule has 4 nitrogen and oxygen atoms in total. The number of ether oxygens (including phenoxy) is 1. The largest absolute Gasteiger partial charge is 0.373 e. The number of aryl methyl sites for hydroxylation is 2. The maximum absolute atomic E-state index is 6.35. The molecule has 18 heavy (non-hydrogen) atoms. The molecule has 0 aliphatic heterocycles. The lowest BCUT2D eigenvalue weighted by Gasteiger charge is -2.33. The van der Waals surface area contributed by atoms with Gasteiger partial charge in [0.1, 0.15) is 0 Å². The predicted octanol–water partition coefficient (Wildman–Crippen LogP) is 2.39. The maximum Gasteiger partial charge on any atom is 0.0885 e. The van der Waals surface area contributed by atoms with Gasteiger partial charge in [0.2, 0.25) is 0 Å². The number of hydrogen-bond donors (Lipinski definition) is 1. The van der Waals surface area contributed by atoms with Gasteiger partial charge in [-0.05, 0) is 32.8 Å². The molecule has 0 atom stereocenters. The van der Waals surface area contributed by atoms with Crippen molar-refractivity contribution in [2.45, 2.75) is 64.6 Å². The summed E-state index contributed by atoms with van der Waals surface area (Å²) in [5.74, 6) is 0. The molecule has 1 heterocycles. The van der Waals surface area contributed by atoms with Crippen LogP contribution in [0.3, 0.4) is 0 Å². The molecule has 1 aliphatic rings. The van der Waals surface area contributed by atoms with Gasteiger partial charge in [0, 0.05) is 12.1 Å². The van der Waals surface area contributed by atoms with Crippen LogP contribution in [-0.4, -0.2) is 21.9 Å². The number of hydrogen-bond acceptors (Lipinski definition) is 3. The van der Waals surface area contributed by atoms with E-state index < -0.39 is 0 Å². The van der Waals surface area contributed by atoms with Gasteiger partial charge in [0.15, 0.2) is 0 Å². The highest BCUT2D eigenvalue weighted by Gasteiger charge is 2.27. The zero-order chi connectivity index (χ0) is 13.0. The van der Waals surface area contributed by atoms with Crippen LogP contribution >= 0.6 is 0 Å². The van der Waals surface area contributed by atoms with Gasteiger partial charge in [0.05, 0.1) is 24.6 Å². The Morgan fingerprint density at radius 1 is 1.39 bits per heavy atom. The van der Waals surface area contributed by atoms with E-state index in [9.17, 15) is 0 Å². The van der Waals surface area contributed by atoms with Gasteiger partial charge < -0.3 is 10.5 Å². The van der Waals surface area contributed by atoms with Gasteiger partial charge in [-0.2, -0.15) is 5.10 Å². The highest BCUT2D eigenvalue weighted by Crippen LogP contribution is 2.26. The minimum absolute atomic E-state index is 0.0929. The summed E-state index contributed by atoms with van der Waals surface area (Å²) in [6, 6.07) is 2.09. The van der Waals surface area contributed by atoms with E-state index in [-0.39, 0.29) is 5.54 Å². The molecule has 1 fully saturated rings. The summed E-state index contributed by atoms with van der Waals surface area (Å²) in [5.41, 5.74) is 8.46. The zero-order valence-electron chi connectivity index (χ0n) is 11.6. The molecule has 0 amide bonds. The van der Waals surface area contributed by atoms with Crippen molar-refractivity contribution in [3.63, 3.8) is 0 Å². The summed E-state index contributed by atoms with van der Waals surface area (Å²) in [5, 5.41) is 4.42. The molecule has 0 aromatic carbocycles. The smallest absolute Gasteiger partial charge is 0.0885 e. The van der Waals surface area contributed by atoms with Crippen molar-refractivity contribution in [1.82, 2.24) is 9.78 Å². The minimum Gasteiger partial charge on any atom is -0.373 e. The Hall–Kier alpha value is -0.870. The number of nitrogens with two attached hydrogens (primary N) is 1. The van der Waals surface area contributed by atoms with E-state index in [4.69, 9.17) is 10.5 Å². The van der Waals surface area contributed by atoms with Crippen molar-refractivity contribution >= 4 is 0 Å². The van der Waals surface area contributed by atoms with Crippen molar-refractivity contribution in [3.8, 4) is 0 Å². The lowest BCUT2D eigenvalue weighted by molar-refractivity contribution is 0.0539. The zero-order valence-corrected chi connectivity index (χ0v) is 11.6. The minimum atomic E-state index is -0.0929. The normalized spacial score (nSPS) is 19.1. The fourth-order valence-corrected chi connectivity index (χ4v) is 2.75. The molecule has 1 aromatic heterocycles. The first-order valence-corrected chi connectivity index (χ1v) is 7.03. The summed E-state index contributed by atoms with van der Waals surface area (Å²) in [4.78, 5) is 0. The Morgan fingerprint density at radius 2 is 2.11 bits per heavy atom. The van der Waals surface area contributed by atoms with Crippen LogP contribution in [0.4, 0.5) is 0 Å². The van der Waals surface area contributed by atoms with Crippen molar-refractivity contribution in [2.75, 3.05) is 6.61 Å². The number of aromatic nitrogens is 2. The fourth-order valence-electron chi connectivity index (χ4n) is 2.75. The molecule has 1 aromatic rings. The van der Waals surface area contributed by atoms with E-state index in [2.05, 4.69) is 18.1 Å². The maximum atomic E-state index is 6.35. The highest BCUT2D eigenvalue weighted by atomic mass is 16.5. The number of nitrogens with zero attached hydrogens (tertiary/aromatic N) is 2. The summed E-state index contributed by atoms with van der Waals surface area (Å²) >= 11 is 0. The van der Waals surface area contributed by atoms with Gasteiger partial charge in [0.25, 0.3) is 0 Å². The monoisotopic (exact) mass is 251 g/mol. The molecule has 1 aliphatic carbocycles. The van der Waals surface area contributed by atoms with Crippen molar-refractivity contribution in [1.29, 1.82) is 0 Å². The summed E-state index contributed by atoms with van der Waals surface area (Å²) in [6.45, 7) is 6.29. The Bertz CT molecular complexity index is 380. The summed E-state index contributed by atoms with van der Waals surface area (Å²) < 4.78 is 7.83. The van der Waals surface area contributed by atoms with Crippen LogP contribution in [0.2, 0.25) is 0 Å². The van der Waals surface area contributed by atoms with Crippen molar-refractivity contribution < 1.29 is 4.74 Å². The first-order chi connectivity index (χ1) is 8.63. The average molecular weight is 251 g/mol. The van der Waals surface area contributed by atoms with E-state index in [0.717, 1.165) is 30.8 Å². The van der Waals surface area contributed by atoms with Crippen LogP contribution in [0.25, 0.3) is 0 Å². The van der Waals surface area contributed by atoms with E-state index in [1.165, 1.54) is 19.3 Å². The van der Waals surface area contributed by atoms with Crippen LogP contribution in [0.1, 0.15) is 50.4 Å². The molecule has 1 saturated carbocycles. The molecule has 0 radical (unpaired) electrons. The van der Waals surface area contributed by atoms with Crippen molar-refractivity contribution in [3.05, 3.63) is 17.5 Å². The second kappa shape index (κ2) is 5.85. The SMILES string of the molecule is CCn1nc(C)cc1COCC1(N)CCCCC1. The van der Waals surface area contributed by atoms with E-state index >= 15 is 0 Å². The molecule has 0 saturated heterocycles. The first-order valence-electron chi connectivity index (χ1n) is 7.03. The van der Waals surface area contributed by atoms with Crippen LogP contribution in [0.15, 0.2) is 6.07 Å². The molecule has 2 N–H and O–H groups in total. The van der Waals surface area contributed by atoms with Crippen LogP contribution in [0, 0.1) is 6.92 Å². The summed E-state index contributed by atoms with van der Waals surface area (Å²) in [7, 11) is 0. The van der Waals surface area contributed by atoms with Crippen molar-refractivity contribution in [2.24, 2.45) is 5.73 Å². The topological polar surface area (TPSA) is 53.1 Å². The quantitative estimate of drug-likeness (QED) is 0.874. The van der Waals surface area contributed by atoms with Crippen LogP contribution in [-0.2, 0) is 17.9 Å². The third kappa shape index (κ3) is 3.33.